The summed E-state index contributed by atoms with van der Waals surface area (Å²) >= 11 is 0. The molecular weight excluding hydrogens is 386 g/mol. The van der Waals surface area contributed by atoms with Crippen molar-refractivity contribution in [2.24, 2.45) is 0 Å². The van der Waals surface area contributed by atoms with Crippen LogP contribution in [-0.2, 0) is 13.0 Å². The number of carbonyl (C=O) groups is 1. The van der Waals surface area contributed by atoms with Crippen LogP contribution in [0.3, 0.4) is 0 Å². The summed E-state index contributed by atoms with van der Waals surface area (Å²) < 4.78 is 3.67. The highest BCUT2D eigenvalue weighted by Gasteiger charge is 2.18. The minimum Gasteiger partial charge on any atom is -0.352 e. The zero-order valence-corrected chi connectivity index (χ0v) is 18.0. The predicted octanol–water partition coefficient (Wildman–Crippen LogP) is 4.43. The molecule has 0 radical (unpaired) electrons. The Hall–Kier alpha value is -3.67. The van der Waals surface area contributed by atoms with Crippen molar-refractivity contribution in [3.05, 3.63) is 89.9 Å². The van der Waals surface area contributed by atoms with Crippen molar-refractivity contribution in [3.63, 3.8) is 0 Å². The van der Waals surface area contributed by atoms with Gasteiger partial charge in [-0.15, -0.1) is 0 Å². The van der Waals surface area contributed by atoms with Gasteiger partial charge in [0.05, 0.1) is 17.4 Å². The maximum Gasteiger partial charge on any atom is 0.255 e. The van der Waals surface area contributed by atoms with Crippen molar-refractivity contribution < 1.29 is 4.79 Å². The second-order valence-corrected chi connectivity index (χ2v) is 7.61. The van der Waals surface area contributed by atoms with Gasteiger partial charge in [0.25, 0.3) is 5.91 Å². The second-order valence-electron chi connectivity index (χ2n) is 7.61. The molecule has 1 amide bonds. The van der Waals surface area contributed by atoms with Crippen molar-refractivity contribution in [1.82, 2.24) is 24.9 Å². The lowest BCUT2D eigenvalue weighted by Crippen LogP contribution is -2.25. The van der Waals surface area contributed by atoms with Crippen LogP contribution in [0.4, 0.5) is 0 Å². The van der Waals surface area contributed by atoms with Gasteiger partial charge in [0, 0.05) is 31.0 Å². The molecule has 2 aromatic carbocycles. The Morgan fingerprint density at radius 3 is 2.48 bits per heavy atom. The van der Waals surface area contributed by atoms with Crippen LogP contribution in [0.5, 0.6) is 0 Å². The van der Waals surface area contributed by atoms with E-state index in [2.05, 4.69) is 29.5 Å². The highest BCUT2D eigenvalue weighted by Crippen LogP contribution is 2.24. The number of aryl methyl sites for hydroxylation is 3. The van der Waals surface area contributed by atoms with E-state index in [4.69, 9.17) is 5.10 Å². The molecule has 0 saturated heterocycles. The Balaban J connectivity index is 1.53. The number of benzene rings is 2. The standard InChI is InChI=1S/C25H27N5O/c1-3-20-10-12-21(13-11-20)24-23(18-30(28-24)22-8-5-4-6-9-22)25(31)26-14-7-15-29-17-19(2)16-27-29/h4-6,8-13,16-18H,3,7,14-15H2,1-2H3,(H,26,31). The Bertz CT molecular complexity index is 1140. The Morgan fingerprint density at radius 1 is 1.03 bits per heavy atom. The average molecular weight is 414 g/mol. The summed E-state index contributed by atoms with van der Waals surface area (Å²) in [6, 6.07) is 18.1. The van der Waals surface area contributed by atoms with E-state index in [0.717, 1.165) is 36.2 Å². The van der Waals surface area contributed by atoms with E-state index in [-0.39, 0.29) is 5.91 Å². The van der Waals surface area contributed by atoms with Crippen LogP contribution in [0.25, 0.3) is 16.9 Å². The summed E-state index contributed by atoms with van der Waals surface area (Å²) in [5, 5.41) is 12.1. The monoisotopic (exact) mass is 413 g/mol. The van der Waals surface area contributed by atoms with E-state index >= 15 is 0 Å². The summed E-state index contributed by atoms with van der Waals surface area (Å²) in [5.41, 5.74) is 5.50. The summed E-state index contributed by atoms with van der Waals surface area (Å²) in [4.78, 5) is 13.0. The van der Waals surface area contributed by atoms with Gasteiger partial charge in [-0.25, -0.2) is 4.68 Å². The van der Waals surface area contributed by atoms with Gasteiger partial charge in [0.2, 0.25) is 0 Å². The molecule has 158 valence electrons. The van der Waals surface area contributed by atoms with Gasteiger partial charge in [-0.1, -0.05) is 49.4 Å². The van der Waals surface area contributed by atoms with Crippen molar-refractivity contribution >= 4 is 5.91 Å². The molecule has 0 aliphatic rings. The van der Waals surface area contributed by atoms with Gasteiger partial charge in [-0.05, 0) is 43.0 Å². The molecule has 1 N–H and O–H groups in total. The molecule has 0 fully saturated rings. The number of aromatic nitrogens is 4. The third-order valence-electron chi connectivity index (χ3n) is 5.23. The first kappa shape index (κ1) is 20.6. The molecule has 0 spiro atoms. The van der Waals surface area contributed by atoms with Gasteiger partial charge in [0.15, 0.2) is 0 Å². The predicted molar refractivity (Wildman–Crippen MR) is 122 cm³/mol. The summed E-state index contributed by atoms with van der Waals surface area (Å²) in [6.45, 7) is 5.48. The Morgan fingerprint density at radius 2 is 1.81 bits per heavy atom. The molecule has 0 unspecified atom stereocenters. The third-order valence-corrected chi connectivity index (χ3v) is 5.23. The van der Waals surface area contributed by atoms with Gasteiger partial charge in [0.1, 0.15) is 5.69 Å². The largest absolute Gasteiger partial charge is 0.352 e. The highest BCUT2D eigenvalue weighted by atomic mass is 16.1. The summed E-state index contributed by atoms with van der Waals surface area (Å²) in [6.07, 6.45) is 7.43. The molecule has 6 heteroatoms. The van der Waals surface area contributed by atoms with E-state index in [1.165, 1.54) is 5.56 Å². The molecule has 0 aliphatic heterocycles. The Kier molecular flexibility index (Phi) is 6.26. The zero-order chi connectivity index (χ0) is 21.6. The second kappa shape index (κ2) is 9.43. The van der Waals surface area contributed by atoms with Crippen molar-refractivity contribution in [3.8, 4) is 16.9 Å². The first-order chi connectivity index (χ1) is 15.1. The average Bonchev–Trinajstić information content (AvgIpc) is 3.44. The van der Waals surface area contributed by atoms with E-state index in [1.807, 2.05) is 72.7 Å². The topological polar surface area (TPSA) is 64.7 Å². The highest BCUT2D eigenvalue weighted by molar-refractivity contribution is 5.99. The fourth-order valence-corrected chi connectivity index (χ4v) is 3.49. The van der Waals surface area contributed by atoms with Crippen molar-refractivity contribution in [2.45, 2.75) is 33.2 Å². The van der Waals surface area contributed by atoms with E-state index < -0.39 is 0 Å². The summed E-state index contributed by atoms with van der Waals surface area (Å²) in [5.74, 6) is -0.117. The molecule has 0 bridgehead atoms. The number of para-hydroxylation sites is 1. The van der Waals surface area contributed by atoms with Crippen molar-refractivity contribution in [1.29, 1.82) is 0 Å². The first-order valence-corrected chi connectivity index (χ1v) is 10.7. The van der Waals surface area contributed by atoms with Crippen molar-refractivity contribution in [2.75, 3.05) is 6.54 Å². The molecule has 6 nitrogen and oxygen atoms in total. The van der Waals surface area contributed by atoms with Crippen LogP contribution in [0, 0.1) is 6.92 Å². The smallest absolute Gasteiger partial charge is 0.255 e. The van der Waals surface area contributed by atoms with Crippen LogP contribution in [0.1, 0.15) is 34.8 Å². The minimum atomic E-state index is -0.117. The SMILES string of the molecule is CCc1ccc(-c2nn(-c3ccccc3)cc2C(=O)NCCCn2cc(C)cn2)cc1. The normalized spacial score (nSPS) is 10.9. The maximum atomic E-state index is 13.0. The molecule has 2 aromatic heterocycles. The van der Waals surface area contributed by atoms with Gasteiger partial charge < -0.3 is 5.32 Å². The first-order valence-electron chi connectivity index (χ1n) is 10.7. The van der Waals surface area contributed by atoms with Gasteiger partial charge >= 0.3 is 0 Å². The number of carbonyl (C=O) groups excluding carboxylic acids is 1. The lowest BCUT2D eigenvalue weighted by molar-refractivity contribution is 0.0953. The number of nitrogens with zero attached hydrogens (tertiary/aromatic N) is 4. The quantitative estimate of drug-likeness (QED) is 0.435. The third kappa shape index (κ3) is 4.91. The molecule has 4 aromatic rings. The van der Waals surface area contributed by atoms with Gasteiger partial charge in [-0.2, -0.15) is 10.2 Å². The molecular formula is C25H27N5O. The maximum absolute atomic E-state index is 13.0. The van der Waals surface area contributed by atoms with Gasteiger partial charge in [-0.3, -0.25) is 9.48 Å². The molecule has 0 saturated carbocycles. The van der Waals surface area contributed by atoms with Crippen LogP contribution in [0.2, 0.25) is 0 Å². The van der Waals surface area contributed by atoms with Crippen LogP contribution in [-0.4, -0.2) is 32.0 Å². The van der Waals surface area contributed by atoms with E-state index in [9.17, 15) is 4.79 Å². The lowest BCUT2D eigenvalue weighted by atomic mass is 10.0. The molecule has 2 heterocycles. The van der Waals surface area contributed by atoms with E-state index in [1.54, 1.807) is 4.68 Å². The molecule has 31 heavy (non-hydrogen) atoms. The number of nitrogens with one attached hydrogen (secondary N) is 1. The Labute approximate surface area is 182 Å². The fourth-order valence-electron chi connectivity index (χ4n) is 3.49. The number of hydrogen-bond donors (Lipinski definition) is 1. The van der Waals surface area contributed by atoms with Crippen LogP contribution < -0.4 is 5.32 Å². The molecule has 0 atom stereocenters. The minimum absolute atomic E-state index is 0.117. The fraction of sp³-hybridized carbons (Fsp3) is 0.240. The van der Waals surface area contributed by atoms with Crippen LogP contribution >= 0.6 is 0 Å². The van der Waals surface area contributed by atoms with Crippen LogP contribution in [0.15, 0.2) is 73.2 Å². The molecule has 0 aliphatic carbocycles. The zero-order valence-electron chi connectivity index (χ0n) is 18.0. The summed E-state index contributed by atoms with van der Waals surface area (Å²) in [7, 11) is 0. The number of rotatable bonds is 8. The molecule has 4 rings (SSSR count). The number of amides is 1. The lowest BCUT2D eigenvalue weighted by Gasteiger charge is -2.06. The van der Waals surface area contributed by atoms with E-state index in [0.29, 0.717) is 17.8 Å². The number of hydrogen-bond acceptors (Lipinski definition) is 3.